The number of hydrogen-bond acceptors (Lipinski definition) is 1. The van der Waals surface area contributed by atoms with Crippen molar-refractivity contribution in [3.05, 3.63) is 66.6 Å². The van der Waals surface area contributed by atoms with Crippen LogP contribution in [0.2, 0.25) is 0 Å². The molecular formula is C15H14N2. The second kappa shape index (κ2) is 4.42. The molecule has 3 aromatic rings. The smallest absolute Gasteiger partial charge is 0.0480 e. The molecule has 1 aromatic carbocycles. The summed E-state index contributed by atoms with van der Waals surface area (Å²) >= 11 is 0. The van der Waals surface area contributed by atoms with Crippen LogP contribution in [0.15, 0.2) is 61.1 Å². The number of aromatic nitrogens is 2. The molecule has 2 nitrogen and oxygen atoms in total. The molecule has 2 heteroatoms. The second-order valence-electron chi connectivity index (χ2n) is 4.17. The normalized spacial score (nSPS) is 10.8. The van der Waals surface area contributed by atoms with Crippen molar-refractivity contribution in [1.29, 1.82) is 0 Å². The number of para-hydroxylation sites is 1. The summed E-state index contributed by atoms with van der Waals surface area (Å²) in [5.41, 5.74) is 2.64. The molecule has 0 aliphatic heterocycles. The lowest BCUT2D eigenvalue weighted by atomic mass is 10.2. The fourth-order valence-electron chi connectivity index (χ4n) is 2.13. The maximum Gasteiger partial charge on any atom is 0.0480 e. The van der Waals surface area contributed by atoms with Gasteiger partial charge in [0, 0.05) is 30.7 Å². The molecule has 0 bridgehead atoms. The van der Waals surface area contributed by atoms with Crippen LogP contribution in [-0.2, 0) is 13.0 Å². The Morgan fingerprint density at radius 1 is 0.941 bits per heavy atom. The number of rotatable bonds is 3. The van der Waals surface area contributed by atoms with Gasteiger partial charge < -0.3 is 4.57 Å². The minimum Gasteiger partial charge on any atom is -0.347 e. The summed E-state index contributed by atoms with van der Waals surface area (Å²) in [5.74, 6) is 0. The van der Waals surface area contributed by atoms with E-state index in [0.717, 1.165) is 13.0 Å². The monoisotopic (exact) mass is 222 g/mol. The fraction of sp³-hybridized carbons (Fsp3) is 0.133. The Morgan fingerprint density at radius 2 is 1.76 bits per heavy atom. The molecule has 0 amide bonds. The van der Waals surface area contributed by atoms with Crippen LogP contribution in [0.4, 0.5) is 0 Å². The zero-order valence-corrected chi connectivity index (χ0v) is 9.58. The first-order chi connectivity index (χ1) is 8.43. The number of hydrogen-bond donors (Lipinski definition) is 0. The highest BCUT2D eigenvalue weighted by Crippen LogP contribution is 2.15. The Balaban J connectivity index is 1.82. The number of pyridine rings is 1. The van der Waals surface area contributed by atoms with Crippen LogP contribution in [-0.4, -0.2) is 9.55 Å². The molecule has 0 radical (unpaired) electrons. The fourth-order valence-corrected chi connectivity index (χ4v) is 2.13. The van der Waals surface area contributed by atoms with Gasteiger partial charge in [-0.25, -0.2) is 0 Å². The summed E-state index contributed by atoms with van der Waals surface area (Å²) in [4.78, 5) is 4.03. The van der Waals surface area contributed by atoms with E-state index in [2.05, 4.69) is 58.2 Å². The Kier molecular flexibility index (Phi) is 2.62. The number of fused-ring (bicyclic) bond motifs is 1. The highest BCUT2D eigenvalue weighted by Gasteiger charge is 1.99. The summed E-state index contributed by atoms with van der Waals surface area (Å²) in [7, 11) is 0. The summed E-state index contributed by atoms with van der Waals surface area (Å²) in [6.45, 7) is 1.01. The third kappa shape index (κ3) is 2.07. The predicted octanol–water partition coefficient (Wildman–Crippen LogP) is 3.28. The van der Waals surface area contributed by atoms with Gasteiger partial charge >= 0.3 is 0 Å². The Labute approximate surface area is 101 Å². The molecular weight excluding hydrogens is 208 g/mol. The van der Waals surface area contributed by atoms with Crippen LogP contribution in [0.1, 0.15) is 5.56 Å². The van der Waals surface area contributed by atoms with E-state index in [9.17, 15) is 0 Å². The number of aryl methyl sites for hydroxylation is 2. The van der Waals surface area contributed by atoms with Crippen molar-refractivity contribution in [2.75, 3.05) is 0 Å². The molecule has 0 atom stereocenters. The molecule has 84 valence electrons. The van der Waals surface area contributed by atoms with Crippen molar-refractivity contribution in [2.24, 2.45) is 0 Å². The van der Waals surface area contributed by atoms with Crippen LogP contribution < -0.4 is 0 Å². The zero-order chi connectivity index (χ0) is 11.5. The minimum absolute atomic E-state index is 1.01. The van der Waals surface area contributed by atoms with Gasteiger partial charge in [0.05, 0.1) is 0 Å². The van der Waals surface area contributed by atoms with Gasteiger partial charge in [-0.15, -0.1) is 0 Å². The van der Waals surface area contributed by atoms with Crippen molar-refractivity contribution >= 4 is 10.9 Å². The van der Waals surface area contributed by atoms with Gasteiger partial charge in [0.15, 0.2) is 0 Å². The summed E-state index contributed by atoms with van der Waals surface area (Å²) < 4.78 is 2.30. The van der Waals surface area contributed by atoms with Crippen LogP contribution in [0.3, 0.4) is 0 Å². The first kappa shape index (κ1) is 10.1. The van der Waals surface area contributed by atoms with Crippen molar-refractivity contribution in [2.45, 2.75) is 13.0 Å². The lowest BCUT2D eigenvalue weighted by molar-refractivity contribution is 0.722. The van der Waals surface area contributed by atoms with Gasteiger partial charge in [-0.1, -0.05) is 18.2 Å². The SMILES string of the molecule is c1ccc2c(c1)ccn2CCc1ccncc1. The molecule has 0 saturated carbocycles. The molecule has 2 heterocycles. The Bertz CT molecular complexity index is 611. The highest BCUT2D eigenvalue weighted by molar-refractivity contribution is 5.79. The third-order valence-electron chi connectivity index (χ3n) is 3.07. The molecule has 17 heavy (non-hydrogen) atoms. The topological polar surface area (TPSA) is 17.8 Å². The summed E-state index contributed by atoms with van der Waals surface area (Å²) in [6.07, 6.45) is 6.90. The first-order valence-electron chi connectivity index (χ1n) is 5.86. The van der Waals surface area contributed by atoms with Gasteiger partial charge in [0.1, 0.15) is 0 Å². The molecule has 0 fully saturated rings. The molecule has 0 aliphatic carbocycles. The van der Waals surface area contributed by atoms with Gasteiger partial charge in [-0.05, 0) is 41.6 Å². The van der Waals surface area contributed by atoms with Gasteiger partial charge in [0.2, 0.25) is 0 Å². The molecule has 3 rings (SSSR count). The van der Waals surface area contributed by atoms with Crippen LogP contribution in [0, 0.1) is 0 Å². The largest absolute Gasteiger partial charge is 0.347 e. The van der Waals surface area contributed by atoms with Crippen LogP contribution >= 0.6 is 0 Å². The standard InChI is InChI=1S/C15H14N2/c1-2-4-15-14(3-1)8-12-17(15)11-7-13-5-9-16-10-6-13/h1-6,8-10,12H,7,11H2. The second-order valence-corrected chi connectivity index (χ2v) is 4.17. The van der Waals surface area contributed by atoms with E-state index in [1.807, 2.05) is 12.4 Å². The van der Waals surface area contributed by atoms with Crippen molar-refractivity contribution < 1.29 is 0 Å². The highest BCUT2D eigenvalue weighted by atomic mass is 14.9. The van der Waals surface area contributed by atoms with Crippen LogP contribution in [0.5, 0.6) is 0 Å². The van der Waals surface area contributed by atoms with E-state index in [0.29, 0.717) is 0 Å². The Hall–Kier alpha value is -2.09. The summed E-state index contributed by atoms with van der Waals surface area (Å²) in [6, 6.07) is 14.8. The van der Waals surface area contributed by atoms with Crippen molar-refractivity contribution in [1.82, 2.24) is 9.55 Å². The number of benzene rings is 1. The molecule has 0 saturated heterocycles. The maximum atomic E-state index is 4.03. The average molecular weight is 222 g/mol. The lowest BCUT2D eigenvalue weighted by Crippen LogP contribution is -1.99. The van der Waals surface area contributed by atoms with Gasteiger partial charge in [-0.3, -0.25) is 4.98 Å². The van der Waals surface area contributed by atoms with E-state index in [1.165, 1.54) is 16.5 Å². The van der Waals surface area contributed by atoms with Gasteiger partial charge in [-0.2, -0.15) is 0 Å². The molecule has 2 aromatic heterocycles. The van der Waals surface area contributed by atoms with E-state index in [1.54, 1.807) is 0 Å². The van der Waals surface area contributed by atoms with E-state index in [-0.39, 0.29) is 0 Å². The molecule has 0 N–H and O–H groups in total. The summed E-state index contributed by atoms with van der Waals surface area (Å²) in [5, 5.41) is 1.31. The number of nitrogens with zero attached hydrogens (tertiary/aromatic N) is 2. The third-order valence-corrected chi connectivity index (χ3v) is 3.07. The van der Waals surface area contributed by atoms with Crippen molar-refractivity contribution in [3.8, 4) is 0 Å². The lowest BCUT2D eigenvalue weighted by Gasteiger charge is -2.05. The zero-order valence-electron chi connectivity index (χ0n) is 9.58. The molecule has 0 spiro atoms. The maximum absolute atomic E-state index is 4.03. The molecule has 0 unspecified atom stereocenters. The predicted molar refractivity (Wildman–Crippen MR) is 69.9 cm³/mol. The average Bonchev–Trinajstić information content (AvgIpc) is 2.81. The first-order valence-corrected chi connectivity index (χ1v) is 5.86. The molecule has 0 aliphatic rings. The van der Waals surface area contributed by atoms with Crippen LogP contribution in [0.25, 0.3) is 10.9 Å². The van der Waals surface area contributed by atoms with Crippen molar-refractivity contribution in [3.63, 3.8) is 0 Å². The van der Waals surface area contributed by atoms with Gasteiger partial charge in [0.25, 0.3) is 0 Å². The minimum atomic E-state index is 1.01. The quantitative estimate of drug-likeness (QED) is 0.665. The van der Waals surface area contributed by atoms with E-state index < -0.39 is 0 Å². The Morgan fingerprint density at radius 3 is 2.65 bits per heavy atom. The van der Waals surface area contributed by atoms with E-state index >= 15 is 0 Å². The van der Waals surface area contributed by atoms with E-state index in [4.69, 9.17) is 0 Å².